The summed E-state index contributed by atoms with van der Waals surface area (Å²) in [5.74, 6) is -0.851. The molecule has 2 aromatic carbocycles. The molecule has 3 aromatic rings. The van der Waals surface area contributed by atoms with Crippen LogP contribution in [0.4, 0.5) is 11.6 Å². The quantitative estimate of drug-likeness (QED) is 0.0209. The number of nitrogens with two attached hydrogens (primary N) is 3. The van der Waals surface area contributed by atoms with Gasteiger partial charge in [-0.25, -0.2) is 9.97 Å². The van der Waals surface area contributed by atoms with Gasteiger partial charge in [-0.3, -0.25) is 24.7 Å². The topological polar surface area (TPSA) is 296 Å². The number of anilines is 2. The van der Waals surface area contributed by atoms with Crippen LogP contribution in [0, 0.1) is 0 Å². The number of aliphatic hydroxyl groups excluding tert-OH is 5. The normalized spacial score (nSPS) is 13.3. The molecule has 1 aromatic heterocycles. The number of hydrogen-bond donors (Lipinski definition) is 9. The van der Waals surface area contributed by atoms with Gasteiger partial charge in [0.15, 0.2) is 28.4 Å². The van der Waals surface area contributed by atoms with Crippen molar-refractivity contribution < 1.29 is 44.7 Å². The van der Waals surface area contributed by atoms with Crippen LogP contribution in [-0.2, 0) is 27.2 Å². The number of aliphatic imine (C=N–C) groups is 1. The maximum atomic E-state index is 13.2. The van der Waals surface area contributed by atoms with Gasteiger partial charge in [-0.1, -0.05) is 79.9 Å². The third-order valence-electron chi connectivity index (χ3n) is 10.7. The Labute approximate surface area is 388 Å². The van der Waals surface area contributed by atoms with E-state index in [1.165, 1.54) is 12.7 Å². The Morgan fingerprint density at radius 1 is 0.831 bits per heavy atom. The predicted molar refractivity (Wildman–Crippen MR) is 254 cm³/mol. The summed E-state index contributed by atoms with van der Waals surface area (Å²) in [5, 5.41) is 52.5. The van der Waals surface area contributed by atoms with Crippen molar-refractivity contribution >= 4 is 47.5 Å². The fourth-order valence-corrected chi connectivity index (χ4v) is 7.04. The van der Waals surface area contributed by atoms with Crippen LogP contribution < -0.4 is 22.5 Å². The van der Waals surface area contributed by atoms with E-state index in [1.54, 1.807) is 0 Å². The summed E-state index contributed by atoms with van der Waals surface area (Å²) in [6.07, 6.45) is 3.99. The van der Waals surface area contributed by atoms with Gasteiger partial charge in [0.2, 0.25) is 5.91 Å². The minimum Gasteiger partial charge on any atom is -0.471 e. The SMILES string of the molecule is CCCC(O)CCN(CCCCCN(CC)C(=O)CCc1ccc(-c2ccc(CCCCN=C(N)NC(=O)c3nc(Cl)c(N)nc3N)cc2)cc1)CC(O)C(O)C(O)CCO.COC=O. The fraction of sp³-hybridized carbons (Fsp3) is 0.565. The van der Waals surface area contributed by atoms with Crippen molar-refractivity contribution in [2.75, 3.05) is 64.5 Å². The maximum Gasteiger partial charge on any atom is 0.292 e. The summed E-state index contributed by atoms with van der Waals surface area (Å²) in [4.78, 5) is 50.2. The van der Waals surface area contributed by atoms with Crippen LogP contribution in [0.2, 0.25) is 5.15 Å². The van der Waals surface area contributed by atoms with Gasteiger partial charge in [0.25, 0.3) is 12.4 Å². The third-order valence-corrected chi connectivity index (χ3v) is 11.0. The summed E-state index contributed by atoms with van der Waals surface area (Å²) in [6, 6.07) is 16.8. The number of methoxy groups -OCH3 is 1. The Morgan fingerprint density at radius 3 is 2.03 bits per heavy atom. The zero-order valence-corrected chi connectivity index (χ0v) is 38.9. The van der Waals surface area contributed by atoms with Gasteiger partial charge in [-0.15, -0.1) is 0 Å². The van der Waals surface area contributed by atoms with Crippen LogP contribution in [0.25, 0.3) is 11.1 Å². The van der Waals surface area contributed by atoms with Crippen molar-refractivity contribution in [3.63, 3.8) is 0 Å². The van der Waals surface area contributed by atoms with E-state index in [-0.39, 0.29) is 53.9 Å². The first-order valence-corrected chi connectivity index (χ1v) is 22.7. The first kappa shape index (κ1) is 56.2. The van der Waals surface area contributed by atoms with E-state index < -0.39 is 30.3 Å². The van der Waals surface area contributed by atoms with E-state index in [2.05, 4.69) is 73.5 Å². The van der Waals surface area contributed by atoms with E-state index in [0.717, 1.165) is 61.6 Å². The number of guanidine groups is 1. The van der Waals surface area contributed by atoms with E-state index in [0.29, 0.717) is 64.9 Å². The molecular weight excluding hydrogens is 858 g/mol. The Kier molecular flexibility index (Phi) is 27.5. The number of halogens is 1. The van der Waals surface area contributed by atoms with Gasteiger partial charge in [-0.2, -0.15) is 0 Å². The first-order valence-electron chi connectivity index (χ1n) is 22.3. The lowest BCUT2D eigenvalue weighted by atomic mass is 9.99. The van der Waals surface area contributed by atoms with Crippen LogP contribution in [0.5, 0.6) is 0 Å². The largest absolute Gasteiger partial charge is 0.471 e. The van der Waals surface area contributed by atoms with Gasteiger partial charge in [-0.05, 0) is 93.5 Å². The van der Waals surface area contributed by atoms with E-state index in [9.17, 15) is 30.0 Å². The number of aryl methyl sites for hydroxylation is 2. The molecule has 4 atom stereocenters. The molecule has 0 aliphatic rings. The molecule has 18 nitrogen and oxygen atoms in total. The van der Waals surface area contributed by atoms with Crippen molar-refractivity contribution in [2.45, 2.75) is 115 Å². The predicted octanol–water partition coefficient (Wildman–Crippen LogP) is 3.09. The van der Waals surface area contributed by atoms with Crippen LogP contribution >= 0.6 is 11.6 Å². The minimum atomic E-state index is -1.37. The van der Waals surface area contributed by atoms with Crippen LogP contribution in [-0.4, -0.2) is 147 Å². The molecule has 0 aliphatic heterocycles. The molecule has 2 amide bonds. The standard InChI is InChI=1S/C44H68ClN9O7.C2H4O2/c1-3-10-34(56)22-27-53(29-36(58)39(60)35(57)23-28-55)25-8-5-9-26-54(4-2)37(59)21-16-31-14-19-33(20-15-31)32-17-12-30(13-18-32)11-6-7-24-49-44(48)52-43(61)38-41(46)51-42(47)40(45)50-38;1-4-2-3/h12-15,17-20,34-36,39,55-58,60H,3-11,16,21-29H2,1-2H3,(H4,46,47,51)(H3,48,49,52,61);2H,1H3. The van der Waals surface area contributed by atoms with E-state index in [4.69, 9.17) is 38.7 Å². The summed E-state index contributed by atoms with van der Waals surface area (Å²) in [5.41, 5.74) is 21.4. The van der Waals surface area contributed by atoms with Gasteiger partial charge < -0.3 is 57.3 Å². The molecule has 0 spiro atoms. The number of rotatable bonds is 29. The van der Waals surface area contributed by atoms with Crippen molar-refractivity contribution in [1.82, 2.24) is 25.1 Å². The zero-order valence-electron chi connectivity index (χ0n) is 38.2. The summed E-state index contributed by atoms with van der Waals surface area (Å²) in [7, 11) is 1.31. The van der Waals surface area contributed by atoms with Crippen molar-refractivity contribution in [1.29, 1.82) is 0 Å². The molecule has 0 saturated carbocycles. The number of benzene rings is 2. The number of aliphatic hydroxyl groups is 5. The lowest BCUT2D eigenvalue weighted by molar-refractivity contribution is -0.131. The first-order chi connectivity index (χ1) is 31.2. The Hall–Kier alpha value is -4.95. The number of aromatic nitrogens is 2. The highest BCUT2D eigenvalue weighted by atomic mass is 35.5. The number of nitrogen functional groups attached to an aromatic ring is 2. The fourth-order valence-electron chi connectivity index (χ4n) is 6.91. The second kappa shape index (κ2) is 31.8. The summed E-state index contributed by atoms with van der Waals surface area (Å²) < 4.78 is 3.86. The number of nitrogens with one attached hydrogen (secondary N) is 1. The van der Waals surface area contributed by atoms with Crippen molar-refractivity contribution in [3.8, 4) is 11.1 Å². The lowest BCUT2D eigenvalue weighted by Gasteiger charge is -2.30. The van der Waals surface area contributed by atoms with E-state index in [1.807, 2.05) is 23.6 Å². The Bertz CT molecular complexity index is 1860. The van der Waals surface area contributed by atoms with Crippen molar-refractivity contribution in [3.05, 3.63) is 70.5 Å². The van der Waals surface area contributed by atoms with Crippen LogP contribution in [0.1, 0.15) is 99.7 Å². The monoisotopic (exact) mass is 930 g/mol. The summed E-state index contributed by atoms with van der Waals surface area (Å²) in [6.45, 7) is 7.16. The molecule has 0 radical (unpaired) electrons. The molecule has 0 saturated heterocycles. The number of amides is 2. The molecule has 3 rings (SSSR count). The number of unbranched alkanes of at least 4 members (excludes halogenated alkanes) is 3. The molecule has 0 fully saturated rings. The molecule has 19 heteroatoms. The van der Waals surface area contributed by atoms with E-state index >= 15 is 0 Å². The zero-order chi connectivity index (χ0) is 48.1. The average Bonchev–Trinajstić information content (AvgIpc) is 3.29. The average molecular weight is 931 g/mol. The molecule has 1 heterocycles. The lowest BCUT2D eigenvalue weighted by Crippen LogP contribution is -2.45. The number of hydrogen-bond acceptors (Lipinski definition) is 15. The molecule has 0 bridgehead atoms. The number of ether oxygens (including phenoxy) is 1. The van der Waals surface area contributed by atoms with Crippen molar-refractivity contribution in [2.24, 2.45) is 10.7 Å². The highest BCUT2D eigenvalue weighted by Gasteiger charge is 2.26. The molecule has 12 N–H and O–H groups in total. The number of carbonyl (C=O) groups is 3. The van der Waals surface area contributed by atoms with Gasteiger partial charge in [0, 0.05) is 45.8 Å². The van der Waals surface area contributed by atoms with Gasteiger partial charge >= 0.3 is 0 Å². The second-order valence-electron chi connectivity index (χ2n) is 15.7. The maximum absolute atomic E-state index is 13.2. The van der Waals surface area contributed by atoms with Crippen LogP contribution in [0.3, 0.4) is 0 Å². The summed E-state index contributed by atoms with van der Waals surface area (Å²) >= 11 is 5.84. The molecule has 362 valence electrons. The molecule has 4 unspecified atom stereocenters. The van der Waals surface area contributed by atoms with Gasteiger partial charge in [0.05, 0.1) is 25.4 Å². The third kappa shape index (κ3) is 21.7. The highest BCUT2D eigenvalue weighted by molar-refractivity contribution is 6.31. The number of nitrogens with zero attached hydrogens (tertiary/aromatic N) is 5. The second-order valence-corrected chi connectivity index (χ2v) is 16.1. The minimum absolute atomic E-state index is 0.0198. The Morgan fingerprint density at radius 2 is 1.45 bits per heavy atom. The molecule has 65 heavy (non-hydrogen) atoms. The number of carbonyl (C=O) groups excluding carboxylic acids is 3. The molecular formula is C46H72ClN9O9. The molecule has 0 aliphatic carbocycles. The van der Waals surface area contributed by atoms with Crippen LogP contribution in [0.15, 0.2) is 53.5 Å². The Balaban J connectivity index is 0.00000348. The smallest absolute Gasteiger partial charge is 0.292 e. The van der Waals surface area contributed by atoms with Gasteiger partial charge in [0.1, 0.15) is 6.10 Å². The highest BCUT2D eigenvalue weighted by Crippen LogP contribution is 2.22.